The van der Waals surface area contributed by atoms with Crippen LogP contribution in [0.3, 0.4) is 0 Å². The van der Waals surface area contributed by atoms with Crippen LogP contribution in [0.15, 0.2) is 73.1 Å². The van der Waals surface area contributed by atoms with Gasteiger partial charge in [-0.3, -0.25) is 0 Å². The molecule has 0 aliphatic rings. The van der Waals surface area contributed by atoms with E-state index in [-0.39, 0.29) is 0 Å². The fourth-order valence-electron chi connectivity index (χ4n) is 4.29. The lowest BCUT2D eigenvalue weighted by molar-refractivity contribution is 1.23. The Labute approximate surface area is 172 Å². The van der Waals surface area contributed by atoms with Crippen LogP contribution >= 0.6 is 0 Å². The molecule has 142 valence electrons. The highest BCUT2D eigenvalue weighted by Gasteiger charge is 2.17. The Hall–Kier alpha value is -3.04. The van der Waals surface area contributed by atoms with Crippen LogP contribution in [-0.2, 0) is 0 Å². The maximum Gasteiger partial charge on any atom is 0.116 e. The smallest absolute Gasteiger partial charge is 0.116 e. The number of aromatic nitrogens is 2. The van der Waals surface area contributed by atoms with Gasteiger partial charge in [0.1, 0.15) is 6.33 Å². The number of hydrogen-bond acceptors (Lipinski definition) is 2. The molecule has 3 heteroatoms. The first-order valence-electron chi connectivity index (χ1n) is 10.1. The van der Waals surface area contributed by atoms with Gasteiger partial charge in [-0.25, -0.2) is 9.97 Å². The summed E-state index contributed by atoms with van der Waals surface area (Å²) >= 11 is 0. The second kappa shape index (κ2) is 6.50. The predicted molar refractivity (Wildman–Crippen MR) is 128 cm³/mol. The molecule has 0 aliphatic heterocycles. The van der Waals surface area contributed by atoms with Crippen LogP contribution < -0.4 is 5.19 Å². The number of aryl methyl sites for hydroxylation is 1. The molecule has 1 aromatic heterocycles. The highest BCUT2D eigenvalue weighted by molar-refractivity contribution is 6.88. The minimum Gasteiger partial charge on any atom is -0.236 e. The number of fused-ring (bicyclic) bond motifs is 5. The number of rotatable bonds is 2. The minimum atomic E-state index is -1.31. The topological polar surface area (TPSA) is 25.8 Å². The van der Waals surface area contributed by atoms with Crippen LogP contribution in [0.2, 0.25) is 19.6 Å². The van der Waals surface area contributed by atoms with Gasteiger partial charge in [-0.15, -0.1) is 0 Å². The molecule has 29 heavy (non-hydrogen) atoms. The zero-order valence-electron chi connectivity index (χ0n) is 17.3. The van der Waals surface area contributed by atoms with Crippen molar-refractivity contribution in [1.82, 2.24) is 9.97 Å². The molecule has 1 heterocycles. The van der Waals surface area contributed by atoms with E-state index < -0.39 is 8.07 Å². The maximum absolute atomic E-state index is 4.72. The average Bonchev–Trinajstić information content (AvgIpc) is 2.72. The van der Waals surface area contributed by atoms with E-state index in [1.165, 1.54) is 32.3 Å². The molecule has 0 unspecified atom stereocenters. The van der Waals surface area contributed by atoms with Gasteiger partial charge < -0.3 is 0 Å². The summed E-state index contributed by atoms with van der Waals surface area (Å²) in [7, 11) is -1.31. The number of nitrogens with zero attached hydrogens (tertiary/aromatic N) is 2. The van der Waals surface area contributed by atoms with Crippen molar-refractivity contribution in [1.29, 1.82) is 0 Å². The lowest BCUT2D eigenvalue weighted by Gasteiger charge is -2.17. The molecule has 5 rings (SSSR count). The van der Waals surface area contributed by atoms with E-state index in [9.17, 15) is 0 Å². The van der Waals surface area contributed by atoms with Gasteiger partial charge >= 0.3 is 0 Å². The van der Waals surface area contributed by atoms with Crippen molar-refractivity contribution >= 4 is 45.7 Å². The van der Waals surface area contributed by atoms with E-state index in [1.54, 1.807) is 6.33 Å². The van der Waals surface area contributed by atoms with Crippen molar-refractivity contribution in [3.63, 3.8) is 0 Å². The second-order valence-electron chi connectivity index (χ2n) is 8.85. The Morgan fingerprint density at radius 3 is 2.21 bits per heavy atom. The highest BCUT2D eigenvalue weighted by Crippen LogP contribution is 2.35. The van der Waals surface area contributed by atoms with Crippen LogP contribution in [0, 0.1) is 6.92 Å². The fourth-order valence-corrected chi connectivity index (χ4v) is 5.45. The molecule has 4 aromatic carbocycles. The molecule has 0 radical (unpaired) electrons. The van der Waals surface area contributed by atoms with E-state index in [2.05, 4.69) is 98.3 Å². The van der Waals surface area contributed by atoms with Gasteiger partial charge in [0.2, 0.25) is 0 Å². The van der Waals surface area contributed by atoms with E-state index in [1.807, 2.05) is 0 Å². The lowest BCUT2D eigenvalue weighted by atomic mass is 9.94. The minimum absolute atomic E-state index is 1.01. The molecule has 0 saturated heterocycles. The summed E-state index contributed by atoms with van der Waals surface area (Å²) in [6.45, 7) is 9.31. The van der Waals surface area contributed by atoms with Crippen LogP contribution in [0.4, 0.5) is 0 Å². The third kappa shape index (κ3) is 2.93. The normalized spacial score (nSPS) is 12.1. The van der Waals surface area contributed by atoms with E-state index >= 15 is 0 Å². The summed E-state index contributed by atoms with van der Waals surface area (Å²) in [6, 6.07) is 24.2. The van der Waals surface area contributed by atoms with Gasteiger partial charge in [-0.05, 0) is 34.7 Å². The maximum atomic E-state index is 4.72. The third-order valence-electron chi connectivity index (χ3n) is 5.85. The molecule has 0 bridgehead atoms. The molecule has 0 fully saturated rings. The summed E-state index contributed by atoms with van der Waals surface area (Å²) in [4.78, 5) is 9.38. The van der Waals surface area contributed by atoms with E-state index in [0.717, 1.165) is 22.2 Å². The molecule has 0 amide bonds. The Bertz CT molecular complexity index is 1380. The molecule has 0 N–H and O–H groups in total. The lowest BCUT2D eigenvalue weighted by Crippen LogP contribution is -2.37. The van der Waals surface area contributed by atoms with E-state index in [0.29, 0.717) is 0 Å². The fraction of sp³-hybridized carbons (Fsp3) is 0.154. The van der Waals surface area contributed by atoms with Crippen molar-refractivity contribution in [3.05, 3.63) is 78.6 Å². The van der Waals surface area contributed by atoms with Crippen molar-refractivity contribution in [3.8, 4) is 11.3 Å². The standard InChI is InChI=1S/C26H24N2Si/c1-17-15-19-7-5-6-8-21(19)22-13-14-23-25(27-16-28-26(23)24(17)22)18-9-11-20(12-10-18)29(2,3)4/h5-16H,1-4H3. The van der Waals surface area contributed by atoms with Crippen LogP contribution in [0.25, 0.3) is 43.7 Å². The monoisotopic (exact) mass is 392 g/mol. The Morgan fingerprint density at radius 2 is 1.45 bits per heavy atom. The van der Waals surface area contributed by atoms with Gasteiger partial charge in [0.25, 0.3) is 0 Å². The van der Waals surface area contributed by atoms with Gasteiger partial charge in [-0.1, -0.05) is 85.5 Å². The zero-order chi connectivity index (χ0) is 20.2. The summed E-state index contributed by atoms with van der Waals surface area (Å²) < 4.78 is 0. The van der Waals surface area contributed by atoms with Gasteiger partial charge in [-0.2, -0.15) is 0 Å². The zero-order valence-corrected chi connectivity index (χ0v) is 18.3. The van der Waals surface area contributed by atoms with Crippen LogP contribution in [0.1, 0.15) is 5.56 Å². The average molecular weight is 393 g/mol. The molecule has 2 nitrogen and oxygen atoms in total. The molecule has 0 atom stereocenters. The largest absolute Gasteiger partial charge is 0.236 e. The Morgan fingerprint density at radius 1 is 0.724 bits per heavy atom. The van der Waals surface area contributed by atoms with Gasteiger partial charge in [0, 0.05) is 16.3 Å². The SMILES string of the molecule is Cc1cc2ccccc2c2ccc3c(-c4ccc([Si](C)(C)C)cc4)ncnc3c12. The Balaban J connectivity index is 1.79. The molecule has 0 spiro atoms. The predicted octanol–water partition coefficient (Wildman–Crippen LogP) is 6.46. The first-order chi connectivity index (χ1) is 13.9. The van der Waals surface area contributed by atoms with Gasteiger partial charge in [0.05, 0.1) is 19.3 Å². The molecular formula is C26H24N2Si. The quantitative estimate of drug-likeness (QED) is 0.255. The second-order valence-corrected chi connectivity index (χ2v) is 13.9. The summed E-state index contributed by atoms with van der Waals surface area (Å²) in [6.07, 6.45) is 1.71. The summed E-state index contributed by atoms with van der Waals surface area (Å²) in [5.74, 6) is 0. The molecule has 5 aromatic rings. The molecule has 0 aliphatic carbocycles. The number of benzene rings is 4. The van der Waals surface area contributed by atoms with Crippen LogP contribution in [-0.4, -0.2) is 18.0 Å². The summed E-state index contributed by atoms with van der Waals surface area (Å²) in [5.41, 5.74) is 4.44. The first kappa shape index (κ1) is 18.0. The van der Waals surface area contributed by atoms with Crippen molar-refractivity contribution in [2.45, 2.75) is 26.6 Å². The number of hydrogen-bond donors (Lipinski definition) is 0. The summed E-state index contributed by atoms with van der Waals surface area (Å²) in [5, 5.41) is 7.60. The van der Waals surface area contributed by atoms with Crippen LogP contribution in [0.5, 0.6) is 0 Å². The van der Waals surface area contributed by atoms with E-state index in [4.69, 9.17) is 4.98 Å². The molecule has 0 saturated carbocycles. The van der Waals surface area contributed by atoms with Crippen molar-refractivity contribution < 1.29 is 0 Å². The first-order valence-corrected chi connectivity index (χ1v) is 13.6. The highest BCUT2D eigenvalue weighted by atomic mass is 28.3. The van der Waals surface area contributed by atoms with Crippen molar-refractivity contribution in [2.24, 2.45) is 0 Å². The third-order valence-corrected chi connectivity index (χ3v) is 7.91. The van der Waals surface area contributed by atoms with Crippen molar-refractivity contribution in [2.75, 3.05) is 0 Å². The van der Waals surface area contributed by atoms with Gasteiger partial charge in [0.15, 0.2) is 0 Å². The molecular weight excluding hydrogens is 368 g/mol. The Kier molecular flexibility index (Phi) is 4.04.